The first kappa shape index (κ1) is 18.5. The topological polar surface area (TPSA) is 84.5 Å². The van der Waals surface area contributed by atoms with E-state index < -0.39 is 17.4 Å². The van der Waals surface area contributed by atoms with Crippen LogP contribution in [0.3, 0.4) is 0 Å². The number of hydrogen-bond acceptors (Lipinski definition) is 6. The molecule has 1 aliphatic heterocycles. The number of aromatic nitrogens is 4. The lowest BCUT2D eigenvalue weighted by atomic mass is 10.2. The Hall–Kier alpha value is -2.88. The average molecular weight is 402 g/mol. The largest absolute Gasteiger partial charge is 0.352 e. The summed E-state index contributed by atoms with van der Waals surface area (Å²) in [6, 6.07) is 4.53. The number of nitrogens with zero attached hydrogens (tertiary/aromatic N) is 5. The second kappa shape index (κ2) is 7.63. The summed E-state index contributed by atoms with van der Waals surface area (Å²) in [5.74, 6) is 1.54. The third-order valence-corrected chi connectivity index (χ3v) is 5.43. The molecule has 0 unspecified atom stereocenters. The van der Waals surface area contributed by atoms with Crippen molar-refractivity contribution in [2.75, 3.05) is 34.8 Å². The van der Waals surface area contributed by atoms with E-state index in [-0.39, 0.29) is 12.2 Å². The maximum atomic E-state index is 13.9. The number of nitrogens with one attached hydrogen (secondary N) is 1. The zero-order valence-electron chi connectivity index (χ0n) is 15.3. The summed E-state index contributed by atoms with van der Waals surface area (Å²) in [4.78, 5) is 31.4. The zero-order valence-corrected chi connectivity index (χ0v) is 16.1. The van der Waals surface area contributed by atoms with Gasteiger partial charge in [-0.25, -0.2) is 23.3 Å². The SMILES string of the molecule is Cc1ccc(NC(=O)Cn2nc3c(N4CCSCC4)nccn3c2=O)c(F)c1. The fourth-order valence-corrected chi connectivity index (χ4v) is 3.99. The van der Waals surface area contributed by atoms with Crippen molar-refractivity contribution >= 4 is 34.8 Å². The molecule has 1 aromatic carbocycles. The van der Waals surface area contributed by atoms with Gasteiger partial charge >= 0.3 is 5.69 Å². The molecule has 10 heteroatoms. The second-order valence-electron chi connectivity index (χ2n) is 6.52. The Bertz CT molecular complexity index is 1090. The third-order valence-electron chi connectivity index (χ3n) is 4.49. The van der Waals surface area contributed by atoms with Gasteiger partial charge in [0.05, 0.1) is 5.69 Å². The van der Waals surface area contributed by atoms with Gasteiger partial charge < -0.3 is 10.2 Å². The maximum Gasteiger partial charge on any atom is 0.350 e. The van der Waals surface area contributed by atoms with Crippen molar-refractivity contribution in [3.05, 3.63) is 52.5 Å². The Morgan fingerprint density at radius 3 is 2.86 bits per heavy atom. The first-order valence-electron chi connectivity index (χ1n) is 8.86. The van der Waals surface area contributed by atoms with Crippen LogP contribution in [0.1, 0.15) is 5.56 Å². The van der Waals surface area contributed by atoms with Crippen molar-refractivity contribution in [1.29, 1.82) is 0 Å². The highest BCUT2D eigenvalue weighted by Crippen LogP contribution is 2.20. The van der Waals surface area contributed by atoms with Crippen LogP contribution in [0, 0.1) is 12.7 Å². The van der Waals surface area contributed by atoms with E-state index in [4.69, 9.17) is 0 Å². The van der Waals surface area contributed by atoms with Gasteiger partial charge in [0.1, 0.15) is 12.4 Å². The first-order valence-corrected chi connectivity index (χ1v) is 10.0. The number of carbonyl (C=O) groups excluding carboxylic acids is 1. The zero-order chi connectivity index (χ0) is 19.7. The molecular weight excluding hydrogens is 383 g/mol. The molecule has 0 radical (unpaired) electrons. The van der Waals surface area contributed by atoms with Crippen LogP contribution < -0.4 is 15.9 Å². The molecule has 0 spiro atoms. The van der Waals surface area contributed by atoms with Crippen molar-refractivity contribution in [2.45, 2.75) is 13.5 Å². The van der Waals surface area contributed by atoms with Crippen LogP contribution in [0.2, 0.25) is 0 Å². The normalized spacial score (nSPS) is 14.4. The second-order valence-corrected chi connectivity index (χ2v) is 7.74. The molecule has 146 valence electrons. The highest BCUT2D eigenvalue weighted by molar-refractivity contribution is 7.99. The standard InChI is InChI=1S/C18H19FN6O2S/c1-12-2-3-14(13(19)10-12)21-15(26)11-25-18(27)24-5-4-20-16(17(24)22-25)23-6-8-28-9-7-23/h2-5,10H,6-9,11H2,1H3,(H,21,26). The van der Waals surface area contributed by atoms with E-state index in [1.54, 1.807) is 19.2 Å². The van der Waals surface area contributed by atoms with E-state index in [0.717, 1.165) is 34.8 Å². The number of fused-ring (bicyclic) bond motifs is 1. The van der Waals surface area contributed by atoms with Gasteiger partial charge in [0.15, 0.2) is 5.82 Å². The molecule has 0 atom stereocenters. The number of aryl methyl sites for hydroxylation is 1. The molecule has 28 heavy (non-hydrogen) atoms. The Balaban J connectivity index is 1.59. The fraction of sp³-hybridized carbons (Fsp3) is 0.333. The average Bonchev–Trinajstić information content (AvgIpc) is 3.00. The van der Waals surface area contributed by atoms with Crippen LogP contribution in [-0.2, 0) is 11.3 Å². The van der Waals surface area contributed by atoms with E-state index >= 15 is 0 Å². The lowest BCUT2D eigenvalue weighted by molar-refractivity contribution is -0.117. The van der Waals surface area contributed by atoms with Gasteiger partial charge in [0.2, 0.25) is 11.6 Å². The summed E-state index contributed by atoms with van der Waals surface area (Å²) < 4.78 is 16.4. The van der Waals surface area contributed by atoms with Crippen LogP contribution in [0.15, 0.2) is 35.4 Å². The number of amides is 1. The minimum atomic E-state index is -0.530. The molecule has 1 saturated heterocycles. The minimum absolute atomic E-state index is 0.0700. The van der Waals surface area contributed by atoms with Gasteiger partial charge in [-0.15, -0.1) is 5.10 Å². The highest BCUT2D eigenvalue weighted by atomic mass is 32.2. The van der Waals surface area contributed by atoms with Crippen LogP contribution in [0.4, 0.5) is 15.9 Å². The van der Waals surface area contributed by atoms with E-state index in [9.17, 15) is 14.0 Å². The van der Waals surface area contributed by atoms with E-state index in [2.05, 4.69) is 20.3 Å². The molecule has 8 nitrogen and oxygen atoms in total. The molecular formula is C18H19FN6O2S. The molecule has 1 fully saturated rings. The number of halogens is 1. The van der Waals surface area contributed by atoms with Crippen molar-refractivity contribution in [1.82, 2.24) is 19.2 Å². The number of rotatable bonds is 4. The Morgan fingerprint density at radius 2 is 2.11 bits per heavy atom. The van der Waals surface area contributed by atoms with Crippen molar-refractivity contribution in [3.8, 4) is 0 Å². The molecule has 0 bridgehead atoms. The molecule has 0 saturated carbocycles. The number of hydrogen-bond donors (Lipinski definition) is 1. The lowest BCUT2D eigenvalue weighted by Gasteiger charge is -2.27. The number of anilines is 2. The smallest absolute Gasteiger partial charge is 0.350 e. The minimum Gasteiger partial charge on any atom is -0.352 e. The molecule has 2 aromatic heterocycles. The summed E-state index contributed by atoms with van der Waals surface area (Å²) >= 11 is 1.87. The van der Waals surface area contributed by atoms with Gasteiger partial charge in [0.25, 0.3) is 0 Å². The Morgan fingerprint density at radius 1 is 1.32 bits per heavy atom. The summed E-state index contributed by atoms with van der Waals surface area (Å²) in [6.45, 7) is 3.10. The maximum absolute atomic E-state index is 13.9. The van der Waals surface area contributed by atoms with Crippen molar-refractivity contribution in [3.63, 3.8) is 0 Å². The predicted octanol–water partition coefficient (Wildman–Crippen LogP) is 1.53. The molecule has 3 aromatic rings. The third kappa shape index (κ3) is 3.59. The number of thioether (sulfide) groups is 1. The predicted molar refractivity (Wildman–Crippen MR) is 107 cm³/mol. The summed E-state index contributed by atoms with van der Waals surface area (Å²) in [5, 5.41) is 6.79. The molecule has 0 aliphatic carbocycles. The molecule has 3 heterocycles. The lowest BCUT2D eigenvalue weighted by Crippen LogP contribution is -2.33. The van der Waals surface area contributed by atoms with Crippen LogP contribution >= 0.6 is 11.8 Å². The van der Waals surface area contributed by atoms with Crippen LogP contribution in [0.5, 0.6) is 0 Å². The number of carbonyl (C=O) groups is 1. The molecule has 1 aliphatic rings. The van der Waals surface area contributed by atoms with E-state index in [0.29, 0.717) is 11.5 Å². The van der Waals surface area contributed by atoms with Gasteiger partial charge in [-0.1, -0.05) is 6.07 Å². The first-order chi connectivity index (χ1) is 13.5. The van der Waals surface area contributed by atoms with Crippen LogP contribution in [0.25, 0.3) is 5.65 Å². The van der Waals surface area contributed by atoms with E-state index in [1.165, 1.54) is 22.7 Å². The van der Waals surface area contributed by atoms with Crippen molar-refractivity contribution < 1.29 is 9.18 Å². The Labute approximate surface area is 164 Å². The molecule has 1 N–H and O–H groups in total. The van der Waals surface area contributed by atoms with Gasteiger partial charge in [-0.05, 0) is 24.6 Å². The van der Waals surface area contributed by atoms with Crippen LogP contribution in [-0.4, -0.2) is 49.7 Å². The van der Waals surface area contributed by atoms with Gasteiger partial charge in [-0.2, -0.15) is 11.8 Å². The summed E-state index contributed by atoms with van der Waals surface area (Å²) in [7, 11) is 0. The Kier molecular flexibility index (Phi) is 5.03. The summed E-state index contributed by atoms with van der Waals surface area (Å²) in [5.41, 5.74) is 0.794. The van der Waals surface area contributed by atoms with E-state index in [1.807, 2.05) is 11.8 Å². The fourth-order valence-electron chi connectivity index (χ4n) is 3.08. The monoisotopic (exact) mass is 402 g/mol. The highest BCUT2D eigenvalue weighted by Gasteiger charge is 2.20. The quantitative estimate of drug-likeness (QED) is 0.713. The molecule has 1 amide bonds. The van der Waals surface area contributed by atoms with Gasteiger partial charge in [-0.3, -0.25) is 4.79 Å². The molecule has 4 rings (SSSR count). The number of benzene rings is 1. The summed E-state index contributed by atoms with van der Waals surface area (Å²) in [6.07, 6.45) is 3.08. The van der Waals surface area contributed by atoms with Gasteiger partial charge in [0, 0.05) is 37.0 Å². The van der Waals surface area contributed by atoms with Crippen molar-refractivity contribution in [2.24, 2.45) is 0 Å².